The summed E-state index contributed by atoms with van der Waals surface area (Å²) in [5.41, 5.74) is 2.97. The van der Waals surface area contributed by atoms with Gasteiger partial charge in [-0.25, -0.2) is 4.98 Å². The lowest BCUT2D eigenvalue weighted by Crippen LogP contribution is -2.43. The van der Waals surface area contributed by atoms with E-state index >= 15 is 0 Å². The molecular weight excluding hydrogens is 478 g/mol. The molecule has 34 heavy (non-hydrogen) atoms. The molecule has 1 aliphatic heterocycles. The normalized spacial score (nSPS) is 13.4. The summed E-state index contributed by atoms with van der Waals surface area (Å²) in [4.78, 5) is 31.3. The first-order chi connectivity index (χ1) is 16.4. The Hall–Kier alpha value is -3.14. The number of nitrogens with zero attached hydrogens (tertiary/aromatic N) is 2. The second kappa shape index (κ2) is 10.9. The van der Waals surface area contributed by atoms with Crippen molar-refractivity contribution in [2.75, 3.05) is 45.3 Å². The first kappa shape index (κ1) is 24.0. The van der Waals surface area contributed by atoms with E-state index in [-0.39, 0.29) is 18.4 Å². The van der Waals surface area contributed by atoms with Gasteiger partial charge in [0, 0.05) is 34.6 Å². The fourth-order valence-electron chi connectivity index (χ4n) is 3.36. The lowest BCUT2D eigenvalue weighted by molar-refractivity contribution is -0.137. The number of aromatic nitrogens is 1. The molecule has 0 atom stereocenters. The van der Waals surface area contributed by atoms with Crippen LogP contribution in [0.25, 0.3) is 11.3 Å². The van der Waals surface area contributed by atoms with Crippen LogP contribution in [0.3, 0.4) is 0 Å². The van der Waals surface area contributed by atoms with Gasteiger partial charge in [-0.2, -0.15) is 0 Å². The number of carbonyl (C=O) groups is 2. The summed E-state index contributed by atoms with van der Waals surface area (Å²) in [6.07, 6.45) is 0. The minimum atomic E-state index is -0.336. The molecule has 1 aliphatic rings. The van der Waals surface area contributed by atoms with E-state index < -0.39 is 0 Å². The summed E-state index contributed by atoms with van der Waals surface area (Å²) >= 11 is 7.54. The Kier molecular flexibility index (Phi) is 7.66. The number of aryl methyl sites for hydroxylation is 1. The highest BCUT2D eigenvalue weighted by Crippen LogP contribution is 2.30. The molecule has 1 saturated heterocycles. The zero-order valence-electron chi connectivity index (χ0n) is 18.8. The fourth-order valence-corrected chi connectivity index (χ4v) is 4.25. The Morgan fingerprint density at radius 2 is 1.97 bits per heavy atom. The predicted molar refractivity (Wildman–Crippen MR) is 131 cm³/mol. The number of benzene rings is 2. The molecule has 0 bridgehead atoms. The summed E-state index contributed by atoms with van der Waals surface area (Å²) in [7, 11) is 1.48. The average molecular weight is 502 g/mol. The molecule has 0 spiro atoms. The summed E-state index contributed by atoms with van der Waals surface area (Å²) < 4.78 is 16.3. The first-order valence-electron chi connectivity index (χ1n) is 10.6. The fraction of sp³-hybridized carbons (Fsp3) is 0.292. The molecule has 0 saturated carbocycles. The number of methoxy groups -OCH3 is 1. The average Bonchev–Trinajstić information content (AvgIpc) is 3.33. The largest absolute Gasteiger partial charge is 0.493 e. The van der Waals surface area contributed by atoms with Crippen molar-refractivity contribution in [3.63, 3.8) is 0 Å². The van der Waals surface area contributed by atoms with E-state index in [1.807, 2.05) is 30.5 Å². The number of ether oxygens (including phenoxy) is 3. The quantitative estimate of drug-likeness (QED) is 0.520. The van der Waals surface area contributed by atoms with Crippen molar-refractivity contribution in [3.05, 3.63) is 57.9 Å². The van der Waals surface area contributed by atoms with E-state index in [0.717, 1.165) is 16.8 Å². The minimum Gasteiger partial charge on any atom is -0.493 e. The Bertz CT molecular complexity index is 1190. The maximum absolute atomic E-state index is 12.8. The molecule has 2 amide bonds. The van der Waals surface area contributed by atoms with Gasteiger partial charge in [-0.05, 0) is 36.8 Å². The summed E-state index contributed by atoms with van der Waals surface area (Å²) in [6, 6.07) is 10.5. The number of hydrogen-bond donors (Lipinski definition) is 1. The number of morpholine rings is 1. The number of thiazole rings is 1. The van der Waals surface area contributed by atoms with Gasteiger partial charge in [-0.1, -0.05) is 23.7 Å². The molecule has 0 aliphatic carbocycles. The van der Waals surface area contributed by atoms with Crippen LogP contribution in [0.15, 0.2) is 41.8 Å². The van der Waals surface area contributed by atoms with Gasteiger partial charge >= 0.3 is 0 Å². The van der Waals surface area contributed by atoms with Gasteiger partial charge in [-0.15, -0.1) is 11.3 Å². The molecule has 10 heteroatoms. The summed E-state index contributed by atoms with van der Waals surface area (Å²) in [6.45, 7) is 3.97. The van der Waals surface area contributed by atoms with E-state index in [9.17, 15) is 9.59 Å². The Balaban J connectivity index is 1.40. The molecule has 0 radical (unpaired) electrons. The number of rotatable bonds is 7. The minimum absolute atomic E-state index is 0.118. The molecule has 2 heterocycles. The van der Waals surface area contributed by atoms with Crippen LogP contribution < -0.4 is 14.8 Å². The van der Waals surface area contributed by atoms with Gasteiger partial charge in [0.1, 0.15) is 0 Å². The molecular formula is C24H24ClN3O5S. The van der Waals surface area contributed by atoms with Crippen LogP contribution >= 0.6 is 22.9 Å². The number of hydrogen-bond acceptors (Lipinski definition) is 7. The highest BCUT2D eigenvalue weighted by molar-refractivity contribution is 7.14. The second-order valence-electron chi connectivity index (χ2n) is 7.60. The first-order valence-corrected chi connectivity index (χ1v) is 11.9. The van der Waals surface area contributed by atoms with Crippen LogP contribution in [0, 0.1) is 6.92 Å². The lowest BCUT2D eigenvalue weighted by Gasteiger charge is -2.26. The van der Waals surface area contributed by atoms with Gasteiger partial charge in [0.05, 0.1) is 26.0 Å². The van der Waals surface area contributed by atoms with Crippen molar-refractivity contribution < 1.29 is 23.8 Å². The summed E-state index contributed by atoms with van der Waals surface area (Å²) in [5, 5.41) is 5.79. The van der Waals surface area contributed by atoms with Crippen LogP contribution in [0.4, 0.5) is 5.13 Å². The van der Waals surface area contributed by atoms with Crippen molar-refractivity contribution in [3.8, 4) is 22.8 Å². The van der Waals surface area contributed by atoms with Crippen molar-refractivity contribution in [2.24, 2.45) is 0 Å². The van der Waals surface area contributed by atoms with E-state index in [1.54, 1.807) is 23.1 Å². The van der Waals surface area contributed by atoms with Crippen molar-refractivity contribution >= 4 is 39.9 Å². The van der Waals surface area contributed by atoms with Crippen LogP contribution in [0.5, 0.6) is 11.5 Å². The topological polar surface area (TPSA) is 90.0 Å². The third-order valence-corrected chi connectivity index (χ3v) is 6.50. The van der Waals surface area contributed by atoms with Crippen molar-refractivity contribution in [1.82, 2.24) is 9.88 Å². The molecule has 8 nitrogen and oxygen atoms in total. The van der Waals surface area contributed by atoms with E-state index in [1.165, 1.54) is 18.4 Å². The molecule has 1 N–H and O–H groups in total. The predicted octanol–water partition coefficient (Wildman–Crippen LogP) is 4.27. The summed E-state index contributed by atoms with van der Waals surface area (Å²) in [5.74, 6) is 0.281. The molecule has 3 aromatic rings. The van der Waals surface area contributed by atoms with Gasteiger partial charge < -0.3 is 19.1 Å². The van der Waals surface area contributed by atoms with Gasteiger partial charge in [0.25, 0.3) is 11.8 Å². The second-order valence-corrected chi connectivity index (χ2v) is 8.87. The molecule has 1 fully saturated rings. The number of halogens is 1. The van der Waals surface area contributed by atoms with Crippen molar-refractivity contribution in [1.29, 1.82) is 0 Å². The zero-order chi connectivity index (χ0) is 24.1. The van der Waals surface area contributed by atoms with Gasteiger partial charge in [0.15, 0.2) is 23.2 Å². The maximum atomic E-state index is 12.8. The SMILES string of the molecule is COc1cc(C(=O)Nc2nc(-c3ccc(C)c(Cl)c3)cs2)ccc1OCC(=O)N1CCOCC1. The maximum Gasteiger partial charge on any atom is 0.260 e. The number of carbonyl (C=O) groups excluding carboxylic acids is 2. The van der Waals surface area contributed by atoms with Crippen LogP contribution in [0.2, 0.25) is 5.02 Å². The van der Waals surface area contributed by atoms with E-state index in [4.69, 9.17) is 25.8 Å². The molecule has 2 aromatic carbocycles. The van der Waals surface area contributed by atoms with Gasteiger partial charge in [0.2, 0.25) is 0 Å². The number of anilines is 1. The third-order valence-electron chi connectivity index (χ3n) is 5.33. The molecule has 178 valence electrons. The molecule has 0 unspecified atom stereocenters. The lowest BCUT2D eigenvalue weighted by atomic mass is 10.1. The standard InChI is InChI=1S/C24H24ClN3O5S/c1-15-3-4-16(11-18(15)25)19-14-34-24(26-19)27-23(30)17-5-6-20(21(12-17)31-2)33-13-22(29)28-7-9-32-10-8-28/h3-6,11-12,14H,7-10,13H2,1-2H3,(H,26,27,30). The molecule has 4 rings (SSSR count). The van der Waals surface area contributed by atoms with Crippen LogP contribution in [-0.2, 0) is 9.53 Å². The molecule has 1 aromatic heterocycles. The Labute approximate surface area is 206 Å². The monoisotopic (exact) mass is 501 g/mol. The number of amides is 2. The highest BCUT2D eigenvalue weighted by atomic mass is 35.5. The number of nitrogens with one attached hydrogen (secondary N) is 1. The Morgan fingerprint density at radius 3 is 2.71 bits per heavy atom. The van der Waals surface area contributed by atoms with Crippen LogP contribution in [0.1, 0.15) is 15.9 Å². The third kappa shape index (κ3) is 5.67. The van der Waals surface area contributed by atoms with Crippen molar-refractivity contribution in [2.45, 2.75) is 6.92 Å². The van der Waals surface area contributed by atoms with E-state index in [2.05, 4.69) is 10.3 Å². The smallest absolute Gasteiger partial charge is 0.260 e. The van der Waals surface area contributed by atoms with Crippen LogP contribution in [-0.4, -0.2) is 61.7 Å². The highest BCUT2D eigenvalue weighted by Gasteiger charge is 2.19. The zero-order valence-corrected chi connectivity index (χ0v) is 20.4. The Morgan fingerprint density at radius 1 is 1.18 bits per heavy atom. The van der Waals surface area contributed by atoms with Gasteiger partial charge in [-0.3, -0.25) is 14.9 Å². The van der Waals surface area contributed by atoms with E-state index in [0.29, 0.717) is 53.5 Å².